The second kappa shape index (κ2) is 7.99. The fourth-order valence-electron chi connectivity index (χ4n) is 3.18. The van der Waals surface area contributed by atoms with Gasteiger partial charge in [-0.2, -0.15) is 0 Å². The largest absolute Gasteiger partial charge is 0.497 e. The molecule has 0 radical (unpaired) electrons. The lowest BCUT2D eigenvalue weighted by molar-refractivity contribution is -0.383. The average molecular weight is 423 g/mol. The van der Waals surface area contributed by atoms with Gasteiger partial charge in [0, 0.05) is 17.5 Å². The Kier molecular flexibility index (Phi) is 5.23. The monoisotopic (exact) mass is 423 g/mol. The molecule has 0 saturated carbocycles. The Bertz CT molecular complexity index is 1290. The number of nitrogens with one attached hydrogen (secondary N) is 1. The molecule has 0 aliphatic heterocycles. The maximum absolute atomic E-state index is 12.4. The van der Waals surface area contributed by atoms with Crippen LogP contribution in [0.2, 0.25) is 0 Å². The van der Waals surface area contributed by atoms with Crippen molar-refractivity contribution in [2.75, 3.05) is 18.2 Å². The summed E-state index contributed by atoms with van der Waals surface area (Å²) in [4.78, 5) is 23.0. The third-order valence-electron chi connectivity index (χ3n) is 4.58. The first-order chi connectivity index (χ1) is 14.5. The number of nitrogens with zero attached hydrogens (tertiary/aromatic N) is 4. The van der Waals surface area contributed by atoms with E-state index in [1.165, 1.54) is 23.9 Å². The van der Waals surface area contributed by atoms with E-state index in [4.69, 9.17) is 4.74 Å². The Morgan fingerprint density at radius 2 is 2.03 bits per heavy atom. The molecular formula is C20H17N5O4S. The van der Waals surface area contributed by atoms with Crippen molar-refractivity contribution in [2.45, 2.75) is 12.1 Å². The number of anilines is 1. The Balaban J connectivity index is 1.61. The lowest BCUT2D eigenvalue weighted by atomic mass is 10.1. The maximum atomic E-state index is 12.4. The third kappa shape index (κ3) is 3.64. The number of pyridine rings is 1. The summed E-state index contributed by atoms with van der Waals surface area (Å²) in [5.41, 5.74) is 2.59. The normalized spacial score (nSPS) is 11.0. The highest BCUT2D eigenvalue weighted by Gasteiger charge is 2.17. The van der Waals surface area contributed by atoms with Gasteiger partial charge in [0.25, 0.3) is 5.69 Å². The highest BCUT2D eigenvalue weighted by Crippen LogP contribution is 2.29. The molecular weight excluding hydrogens is 406 g/mol. The van der Waals surface area contributed by atoms with E-state index in [1.807, 2.05) is 35.6 Å². The molecule has 1 amide bonds. The minimum Gasteiger partial charge on any atom is -0.497 e. The number of fused-ring (bicyclic) bond motifs is 3. The molecule has 2 heterocycles. The number of benzene rings is 2. The van der Waals surface area contributed by atoms with Gasteiger partial charge in [-0.25, -0.2) is 0 Å². The fraction of sp³-hybridized carbons (Fsp3) is 0.150. The Labute approximate surface area is 175 Å². The topological polar surface area (TPSA) is 112 Å². The van der Waals surface area contributed by atoms with Crippen LogP contribution in [0.5, 0.6) is 5.75 Å². The quantitative estimate of drug-likeness (QED) is 0.285. The molecule has 1 N–H and O–H groups in total. The summed E-state index contributed by atoms with van der Waals surface area (Å²) in [5, 5.41) is 23.7. The van der Waals surface area contributed by atoms with Gasteiger partial charge >= 0.3 is 0 Å². The van der Waals surface area contributed by atoms with Gasteiger partial charge < -0.3 is 10.1 Å². The van der Waals surface area contributed by atoms with Crippen LogP contribution in [0.15, 0.2) is 53.7 Å². The summed E-state index contributed by atoms with van der Waals surface area (Å²) < 4.78 is 7.21. The minimum absolute atomic E-state index is 0.0200. The Morgan fingerprint density at radius 3 is 2.80 bits per heavy atom. The zero-order valence-electron chi connectivity index (χ0n) is 16.2. The number of carbonyl (C=O) groups excluding carboxylic acids is 1. The first-order valence-electron chi connectivity index (χ1n) is 8.96. The molecule has 0 unspecified atom stereocenters. The van der Waals surface area contributed by atoms with Gasteiger partial charge in [-0.1, -0.05) is 23.9 Å². The third-order valence-corrected chi connectivity index (χ3v) is 5.51. The van der Waals surface area contributed by atoms with Crippen LogP contribution in [0.1, 0.15) is 5.56 Å². The van der Waals surface area contributed by atoms with Gasteiger partial charge in [-0.15, -0.1) is 10.2 Å². The molecule has 2 aromatic heterocycles. The van der Waals surface area contributed by atoms with E-state index in [0.29, 0.717) is 16.6 Å². The number of hydrogen-bond acceptors (Lipinski definition) is 7. The van der Waals surface area contributed by atoms with Crippen LogP contribution >= 0.6 is 11.8 Å². The molecule has 2 aromatic carbocycles. The van der Waals surface area contributed by atoms with Crippen molar-refractivity contribution in [2.24, 2.45) is 0 Å². The van der Waals surface area contributed by atoms with Crippen molar-refractivity contribution in [1.29, 1.82) is 0 Å². The van der Waals surface area contributed by atoms with E-state index < -0.39 is 4.92 Å². The van der Waals surface area contributed by atoms with Crippen molar-refractivity contribution < 1.29 is 14.5 Å². The smallest absolute Gasteiger partial charge is 0.292 e. The SMILES string of the molecule is COc1ccc2c(C)cc3nnc(SCC(=O)Nc4ccccc4[N+](=O)[O-])n3c2c1. The Hall–Kier alpha value is -3.66. The van der Waals surface area contributed by atoms with E-state index in [9.17, 15) is 14.9 Å². The van der Waals surface area contributed by atoms with E-state index in [1.54, 1.807) is 19.2 Å². The molecule has 9 nitrogen and oxygen atoms in total. The van der Waals surface area contributed by atoms with Crippen LogP contribution in [0.4, 0.5) is 11.4 Å². The summed E-state index contributed by atoms with van der Waals surface area (Å²) in [5.74, 6) is 0.347. The van der Waals surface area contributed by atoms with E-state index in [0.717, 1.165) is 16.5 Å². The highest BCUT2D eigenvalue weighted by atomic mass is 32.2. The molecule has 0 aliphatic rings. The number of carbonyl (C=O) groups is 1. The number of para-hydroxylation sites is 2. The van der Waals surface area contributed by atoms with E-state index in [-0.39, 0.29) is 23.0 Å². The number of ether oxygens (including phenoxy) is 1. The molecule has 0 fully saturated rings. The predicted molar refractivity (Wildman–Crippen MR) is 114 cm³/mol. The minimum atomic E-state index is -0.531. The number of hydrogen-bond donors (Lipinski definition) is 1. The van der Waals surface area contributed by atoms with Crippen molar-refractivity contribution in [3.8, 4) is 5.75 Å². The summed E-state index contributed by atoms with van der Waals surface area (Å²) in [6, 6.07) is 13.7. The maximum Gasteiger partial charge on any atom is 0.292 e. The lowest BCUT2D eigenvalue weighted by Gasteiger charge is -2.09. The van der Waals surface area contributed by atoms with Crippen LogP contribution in [0.3, 0.4) is 0 Å². The van der Waals surface area contributed by atoms with Crippen molar-refractivity contribution in [3.63, 3.8) is 0 Å². The molecule has 152 valence electrons. The molecule has 0 aliphatic carbocycles. The average Bonchev–Trinajstić information content (AvgIpc) is 3.15. The van der Waals surface area contributed by atoms with Crippen molar-refractivity contribution in [3.05, 3.63) is 64.2 Å². The first kappa shape index (κ1) is 19.6. The van der Waals surface area contributed by atoms with E-state index >= 15 is 0 Å². The van der Waals surface area contributed by atoms with Gasteiger partial charge in [-0.05, 0) is 36.8 Å². The first-order valence-corrected chi connectivity index (χ1v) is 9.95. The second-order valence-corrected chi connectivity index (χ2v) is 7.44. The van der Waals surface area contributed by atoms with Gasteiger partial charge in [0.2, 0.25) is 5.91 Å². The molecule has 4 rings (SSSR count). The fourth-order valence-corrected chi connectivity index (χ4v) is 3.93. The molecule has 10 heteroatoms. The number of aromatic nitrogens is 3. The van der Waals surface area contributed by atoms with Crippen LogP contribution in [0.25, 0.3) is 16.6 Å². The highest BCUT2D eigenvalue weighted by molar-refractivity contribution is 7.99. The number of aryl methyl sites for hydroxylation is 1. The number of methoxy groups -OCH3 is 1. The molecule has 0 spiro atoms. The zero-order valence-corrected chi connectivity index (χ0v) is 17.0. The number of amides is 1. The number of thioether (sulfide) groups is 1. The number of nitro benzene ring substituents is 1. The predicted octanol–water partition coefficient (Wildman–Crippen LogP) is 3.84. The van der Waals surface area contributed by atoms with Gasteiger partial charge in [0.15, 0.2) is 10.8 Å². The van der Waals surface area contributed by atoms with Crippen LogP contribution in [0, 0.1) is 17.0 Å². The molecule has 0 saturated heterocycles. The summed E-state index contributed by atoms with van der Waals surface area (Å²) in [6.07, 6.45) is 0. The molecule has 0 bridgehead atoms. The van der Waals surface area contributed by atoms with E-state index in [2.05, 4.69) is 15.5 Å². The number of nitro groups is 1. The van der Waals surface area contributed by atoms with Crippen molar-refractivity contribution >= 4 is 45.6 Å². The zero-order chi connectivity index (χ0) is 21.3. The van der Waals surface area contributed by atoms with Crippen molar-refractivity contribution in [1.82, 2.24) is 14.6 Å². The second-order valence-electron chi connectivity index (χ2n) is 6.50. The Morgan fingerprint density at radius 1 is 1.23 bits per heavy atom. The van der Waals surface area contributed by atoms with Gasteiger partial charge in [0.05, 0.1) is 23.3 Å². The van der Waals surface area contributed by atoms with Gasteiger partial charge in [-0.3, -0.25) is 19.3 Å². The number of rotatable bonds is 6. The summed E-state index contributed by atoms with van der Waals surface area (Å²) in [7, 11) is 1.60. The van der Waals surface area contributed by atoms with Crippen LogP contribution < -0.4 is 10.1 Å². The van der Waals surface area contributed by atoms with Crippen LogP contribution in [-0.2, 0) is 4.79 Å². The lowest BCUT2D eigenvalue weighted by Crippen LogP contribution is -2.15. The van der Waals surface area contributed by atoms with Crippen LogP contribution in [-0.4, -0.2) is 38.3 Å². The molecule has 0 atom stereocenters. The summed E-state index contributed by atoms with van der Waals surface area (Å²) >= 11 is 1.20. The standard InChI is InChI=1S/C20H17N5O4S/c1-12-9-18-22-23-20(24(18)17-10-13(29-2)7-8-14(12)17)30-11-19(26)21-15-5-3-4-6-16(15)25(27)28/h3-10H,11H2,1-2H3,(H,21,26). The summed E-state index contributed by atoms with van der Waals surface area (Å²) in [6.45, 7) is 2.00. The van der Waals surface area contributed by atoms with Gasteiger partial charge in [0.1, 0.15) is 11.4 Å². The molecule has 30 heavy (non-hydrogen) atoms. The molecule has 4 aromatic rings.